The highest BCUT2D eigenvalue weighted by Gasteiger charge is 2.45. The summed E-state index contributed by atoms with van der Waals surface area (Å²) in [7, 11) is 2.09. The fraction of sp³-hybridized carbons (Fsp3) is 0.412. The van der Waals surface area contributed by atoms with E-state index in [4.69, 9.17) is 0 Å². The summed E-state index contributed by atoms with van der Waals surface area (Å²) in [5.74, 6) is 0.829. The second-order valence-electron chi connectivity index (χ2n) is 5.94. The van der Waals surface area contributed by atoms with E-state index >= 15 is 0 Å². The minimum Gasteiger partial charge on any atom is -0.343 e. The Kier molecular flexibility index (Phi) is 3.20. The summed E-state index contributed by atoms with van der Waals surface area (Å²) in [6.45, 7) is 5.07. The van der Waals surface area contributed by atoms with Gasteiger partial charge in [-0.2, -0.15) is 0 Å². The van der Waals surface area contributed by atoms with Crippen LogP contribution in [0.4, 0.5) is 5.95 Å². The summed E-state index contributed by atoms with van der Waals surface area (Å²) in [5, 5.41) is 0. The van der Waals surface area contributed by atoms with Crippen molar-refractivity contribution in [2.45, 2.75) is 32.1 Å². The summed E-state index contributed by atoms with van der Waals surface area (Å²) in [6, 6.07) is 10.8. The van der Waals surface area contributed by atoms with Crippen LogP contribution in [0.3, 0.4) is 0 Å². The van der Waals surface area contributed by atoms with Crippen LogP contribution in [0.2, 0.25) is 0 Å². The Balaban J connectivity index is 1.79. The zero-order valence-electron chi connectivity index (χ0n) is 12.4. The number of nitrogens with zero attached hydrogens (tertiary/aromatic N) is 3. The predicted octanol–water partition coefficient (Wildman–Crippen LogP) is 3.26. The number of anilines is 1. The standard InChI is InChI=1S/C17H21N3/c1-13-11-18-16(19-14(13)2)20(3)12-17(9-10-17)15-7-5-4-6-8-15/h4-8,11H,9-10,12H2,1-3H3. The lowest BCUT2D eigenvalue weighted by molar-refractivity contribution is 0.661. The smallest absolute Gasteiger partial charge is 0.225 e. The van der Waals surface area contributed by atoms with Crippen LogP contribution in [0.5, 0.6) is 0 Å². The molecule has 3 rings (SSSR count). The van der Waals surface area contributed by atoms with Crippen LogP contribution in [-0.2, 0) is 5.41 Å². The highest BCUT2D eigenvalue weighted by atomic mass is 15.2. The largest absolute Gasteiger partial charge is 0.343 e. The molecule has 0 unspecified atom stereocenters. The summed E-state index contributed by atoms with van der Waals surface area (Å²) in [5.41, 5.74) is 3.95. The number of rotatable bonds is 4. The number of benzene rings is 1. The molecule has 0 amide bonds. The Bertz CT molecular complexity index is 603. The second-order valence-corrected chi connectivity index (χ2v) is 5.94. The van der Waals surface area contributed by atoms with E-state index in [1.807, 2.05) is 20.0 Å². The SMILES string of the molecule is Cc1cnc(N(C)CC2(c3ccccc3)CC2)nc1C. The average molecular weight is 267 g/mol. The van der Waals surface area contributed by atoms with E-state index in [0.717, 1.165) is 23.8 Å². The molecular formula is C17H21N3. The van der Waals surface area contributed by atoms with Crippen molar-refractivity contribution in [1.82, 2.24) is 9.97 Å². The normalized spacial score (nSPS) is 15.9. The maximum atomic E-state index is 4.59. The number of aryl methyl sites for hydroxylation is 2. The first-order valence-electron chi connectivity index (χ1n) is 7.18. The molecule has 0 atom stereocenters. The molecule has 1 heterocycles. The van der Waals surface area contributed by atoms with Crippen molar-refractivity contribution in [3.8, 4) is 0 Å². The van der Waals surface area contributed by atoms with Gasteiger partial charge in [-0.05, 0) is 37.8 Å². The van der Waals surface area contributed by atoms with Crippen molar-refractivity contribution >= 4 is 5.95 Å². The van der Waals surface area contributed by atoms with Gasteiger partial charge in [0.05, 0.1) is 0 Å². The zero-order valence-corrected chi connectivity index (χ0v) is 12.4. The molecule has 20 heavy (non-hydrogen) atoms. The van der Waals surface area contributed by atoms with Crippen molar-refractivity contribution < 1.29 is 0 Å². The number of hydrogen-bond acceptors (Lipinski definition) is 3. The first-order chi connectivity index (χ1) is 9.61. The first kappa shape index (κ1) is 13.1. The molecular weight excluding hydrogens is 246 g/mol. The quantitative estimate of drug-likeness (QED) is 0.851. The fourth-order valence-corrected chi connectivity index (χ4v) is 2.70. The van der Waals surface area contributed by atoms with Crippen molar-refractivity contribution in [2.75, 3.05) is 18.5 Å². The highest BCUT2D eigenvalue weighted by Crippen LogP contribution is 2.48. The fourth-order valence-electron chi connectivity index (χ4n) is 2.70. The summed E-state index contributed by atoms with van der Waals surface area (Å²) in [6.07, 6.45) is 4.43. The van der Waals surface area contributed by atoms with Crippen molar-refractivity contribution in [1.29, 1.82) is 0 Å². The van der Waals surface area contributed by atoms with E-state index in [9.17, 15) is 0 Å². The molecule has 1 aliphatic rings. The lowest BCUT2D eigenvalue weighted by Gasteiger charge is -2.24. The molecule has 1 aromatic carbocycles. The Labute approximate surface area is 120 Å². The molecule has 1 saturated carbocycles. The van der Waals surface area contributed by atoms with E-state index < -0.39 is 0 Å². The maximum Gasteiger partial charge on any atom is 0.225 e. The third kappa shape index (κ3) is 2.40. The lowest BCUT2D eigenvalue weighted by Crippen LogP contribution is -2.30. The van der Waals surface area contributed by atoms with Crippen LogP contribution < -0.4 is 4.90 Å². The summed E-state index contributed by atoms with van der Waals surface area (Å²) >= 11 is 0. The van der Waals surface area contributed by atoms with Gasteiger partial charge in [-0.3, -0.25) is 0 Å². The molecule has 1 fully saturated rings. The van der Waals surface area contributed by atoms with Gasteiger partial charge in [0.15, 0.2) is 0 Å². The third-order valence-corrected chi connectivity index (χ3v) is 4.33. The molecule has 104 valence electrons. The minimum absolute atomic E-state index is 0.304. The van der Waals surface area contributed by atoms with Gasteiger partial charge in [-0.1, -0.05) is 30.3 Å². The molecule has 3 heteroatoms. The van der Waals surface area contributed by atoms with Crippen molar-refractivity contribution in [3.63, 3.8) is 0 Å². The second kappa shape index (κ2) is 4.89. The molecule has 0 N–H and O–H groups in total. The van der Waals surface area contributed by atoms with Gasteiger partial charge in [-0.15, -0.1) is 0 Å². The van der Waals surface area contributed by atoms with Crippen LogP contribution in [0.1, 0.15) is 29.7 Å². The molecule has 1 aromatic heterocycles. The Hall–Kier alpha value is -1.90. The van der Waals surface area contributed by atoms with E-state index in [-0.39, 0.29) is 0 Å². The van der Waals surface area contributed by atoms with Crippen LogP contribution >= 0.6 is 0 Å². The highest BCUT2D eigenvalue weighted by molar-refractivity contribution is 5.38. The Morgan fingerprint density at radius 2 is 1.85 bits per heavy atom. The number of aromatic nitrogens is 2. The predicted molar refractivity (Wildman–Crippen MR) is 82.1 cm³/mol. The number of likely N-dealkylation sites (N-methyl/N-ethyl adjacent to an activating group) is 1. The summed E-state index contributed by atoms with van der Waals surface area (Å²) in [4.78, 5) is 11.2. The number of hydrogen-bond donors (Lipinski definition) is 0. The molecule has 3 nitrogen and oxygen atoms in total. The van der Waals surface area contributed by atoms with Crippen LogP contribution in [-0.4, -0.2) is 23.6 Å². The molecule has 0 aliphatic heterocycles. The van der Waals surface area contributed by atoms with Gasteiger partial charge >= 0.3 is 0 Å². The zero-order chi connectivity index (χ0) is 14.2. The first-order valence-corrected chi connectivity index (χ1v) is 7.18. The summed E-state index contributed by atoms with van der Waals surface area (Å²) < 4.78 is 0. The topological polar surface area (TPSA) is 29.0 Å². The molecule has 2 aromatic rings. The monoisotopic (exact) mass is 267 g/mol. The molecule has 1 aliphatic carbocycles. The Morgan fingerprint density at radius 1 is 1.15 bits per heavy atom. The van der Waals surface area contributed by atoms with E-state index in [2.05, 4.69) is 52.2 Å². The average Bonchev–Trinajstić information content (AvgIpc) is 3.23. The van der Waals surface area contributed by atoms with Gasteiger partial charge in [0.2, 0.25) is 5.95 Å². The van der Waals surface area contributed by atoms with Gasteiger partial charge in [0.1, 0.15) is 0 Å². The molecule has 0 spiro atoms. The van der Waals surface area contributed by atoms with Crippen LogP contribution in [0.25, 0.3) is 0 Å². The van der Waals surface area contributed by atoms with E-state index in [1.165, 1.54) is 18.4 Å². The van der Waals surface area contributed by atoms with Gasteiger partial charge in [0.25, 0.3) is 0 Å². The van der Waals surface area contributed by atoms with Crippen molar-refractivity contribution in [2.24, 2.45) is 0 Å². The Morgan fingerprint density at radius 3 is 2.45 bits per heavy atom. The molecule has 0 radical (unpaired) electrons. The van der Waals surface area contributed by atoms with Gasteiger partial charge in [-0.25, -0.2) is 9.97 Å². The third-order valence-electron chi connectivity index (χ3n) is 4.33. The van der Waals surface area contributed by atoms with Crippen LogP contribution in [0, 0.1) is 13.8 Å². The van der Waals surface area contributed by atoms with E-state index in [0.29, 0.717) is 5.41 Å². The van der Waals surface area contributed by atoms with Gasteiger partial charge < -0.3 is 4.90 Å². The molecule has 0 bridgehead atoms. The van der Waals surface area contributed by atoms with Crippen LogP contribution in [0.15, 0.2) is 36.5 Å². The minimum atomic E-state index is 0.304. The molecule has 0 saturated heterocycles. The lowest BCUT2D eigenvalue weighted by atomic mass is 9.95. The van der Waals surface area contributed by atoms with E-state index in [1.54, 1.807) is 0 Å². The van der Waals surface area contributed by atoms with Gasteiger partial charge in [0, 0.05) is 30.9 Å². The maximum absolute atomic E-state index is 4.59. The van der Waals surface area contributed by atoms with Crippen molar-refractivity contribution in [3.05, 3.63) is 53.3 Å².